The molecule has 0 heterocycles. The van der Waals surface area contributed by atoms with Crippen molar-refractivity contribution in [1.29, 1.82) is 0 Å². The third kappa shape index (κ3) is 3.20. The minimum absolute atomic E-state index is 0.889. The summed E-state index contributed by atoms with van der Waals surface area (Å²) in [7, 11) is -0.903. The summed E-state index contributed by atoms with van der Waals surface area (Å²) in [6, 6.07) is 16.3. The van der Waals surface area contributed by atoms with Gasteiger partial charge < -0.3 is 0 Å². The second-order valence-corrected chi connectivity index (χ2v) is 6.29. The molecule has 0 aliphatic rings. The molecule has 0 spiro atoms. The van der Waals surface area contributed by atoms with Crippen molar-refractivity contribution in [2.75, 3.05) is 6.26 Å². The number of rotatable bonds is 3. The van der Waals surface area contributed by atoms with Crippen molar-refractivity contribution in [2.24, 2.45) is 0 Å². The van der Waals surface area contributed by atoms with Crippen LogP contribution in [-0.4, -0.2) is 10.5 Å². The molecule has 3 heteroatoms. The van der Waals surface area contributed by atoms with Crippen LogP contribution in [0.15, 0.2) is 63.2 Å². The van der Waals surface area contributed by atoms with Gasteiger partial charge in [-0.1, -0.05) is 30.0 Å². The normalized spacial score (nSPS) is 12.4. The van der Waals surface area contributed by atoms with Crippen LogP contribution < -0.4 is 0 Å². The Bertz CT molecular complexity index is 535. The maximum absolute atomic E-state index is 11.4. The molecule has 1 atom stereocenters. The molecule has 2 aromatic rings. The van der Waals surface area contributed by atoms with E-state index in [1.54, 1.807) is 18.0 Å². The fourth-order valence-electron chi connectivity index (χ4n) is 1.53. The second-order valence-electron chi connectivity index (χ2n) is 3.80. The molecule has 0 amide bonds. The zero-order valence-electron chi connectivity index (χ0n) is 9.84. The zero-order valence-corrected chi connectivity index (χ0v) is 11.5. The van der Waals surface area contributed by atoms with Gasteiger partial charge in [-0.3, -0.25) is 4.21 Å². The fourth-order valence-corrected chi connectivity index (χ4v) is 3.04. The lowest BCUT2D eigenvalue weighted by Crippen LogP contribution is -1.89. The number of hydrogen-bond acceptors (Lipinski definition) is 2. The van der Waals surface area contributed by atoms with Crippen molar-refractivity contribution < 1.29 is 4.21 Å². The van der Waals surface area contributed by atoms with E-state index in [1.807, 2.05) is 36.4 Å². The monoisotopic (exact) mass is 262 g/mol. The van der Waals surface area contributed by atoms with E-state index in [4.69, 9.17) is 0 Å². The summed E-state index contributed by atoms with van der Waals surface area (Å²) in [4.78, 5) is 3.33. The average molecular weight is 262 g/mol. The van der Waals surface area contributed by atoms with Gasteiger partial charge in [0.25, 0.3) is 0 Å². The van der Waals surface area contributed by atoms with Crippen molar-refractivity contribution in [1.82, 2.24) is 0 Å². The highest BCUT2D eigenvalue weighted by Crippen LogP contribution is 2.30. The topological polar surface area (TPSA) is 17.1 Å². The molecule has 0 radical (unpaired) electrons. The third-order valence-corrected chi connectivity index (χ3v) is 4.55. The van der Waals surface area contributed by atoms with Crippen LogP contribution in [0.4, 0.5) is 0 Å². The Kier molecular flexibility index (Phi) is 4.02. The predicted molar refractivity (Wildman–Crippen MR) is 74.1 cm³/mol. The van der Waals surface area contributed by atoms with Gasteiger partial charge in [0.1, 0.15) is 0 Å². The smallest absolute Gasteiger partial charge is 0.0498 e. The first-order chi connectivity index (χ1) is 8.16. The van der Waals surface area contributed by atoms with Gasteiger partial charge in [-0.2, -0.15) is 0 Å². The van der Waals surface area contributed by atoms with E-state index in [9.17, 15) is 4.21 Å². The lowest BCUT2D eigenvalue weighted by atomic mass is 10.2. The fraction of sp³-hybridized carbons (Fsp3) is 0.143. The Balaban J connectivity index is 2.26. The minimum Gasteiger partial charge on any atom is -0.255 e. The molecule has 0 fully saturated rings. The van der Waals surface area contributed by atoms with E-state index in [2.05, 4.69) is 19.1 Å². The van der Waals surface area contributed by atoms with E-state index >= 15 is 0 Å². The summed E-state index contributed by atoms with van der Waals surface area (Å²) < 4.78 is 11.4. The van der Waals surface area contributed by atoms with Gasteiger partial charge >= 0.3 is 0 Å². The Morgan fingerprint density at radius 2 is 1.76 bits per heavy atom. The largest absolute Gasteiger partial charge is 0.255 e. The molecule has 0 aromatic heterocycles. The Hall–Kier alpha value is -1.06. The number of aryl methyl sites for hydroxylation is 1. The minimum atomic E-state index is -0.903. The average Bonchev–Trinajstić information content (AvgIpc) is 2.33. The van der Waals surface area contributed by atoms with Crippen molar-refractivity contribution in [2.45, 2.75) is 21.6 Å². The first kappa shape index (κ1) is 12.4. The predicted octanol–water partition coefficient (Wildman–Crippen LogP) is 3.88. The standard InChI is InChI=1S/C14H14OS2/c1-11-10-13(17(2)15)8-9-14(11)16-12-6-4-3-5-7-12/h3-10H,1-2H3. The van der Waals surface area contributed by atoms with E-state index in [0.717, 1.165) is 4.90 Å². The van der Waals surface area contributed by atoms with Crippen LogP contribution in [-0.2, 0) is 10.8 Å². The molecule has 1 nitrogen and oxygen atoms in total. The molecule has 0 bridgehead atoms. The molecule has 2 aromatic carbocycles. The van der Waals surface area contributed by atoms with Crippen molar-refractivity contribution >= 4 is 22.6 Å². The molecular formula is C14H14OS2. The highest BCUT2D eigenvalue weighted by molar-refractivity contribution is 7.99. The van der Waals surface area contributed by atoms with Gasteiger partial charge in [0.2, 0.25) is 0 Å². The van der Waals surface area contributed by atoms with E-state index in [1.165, 1.54) is 15.4 Å². The second kappa shape index (κ2) is 5.52. The number of benzene rings is 2. The van der Waals surface area contributed by atoms with Gasteiger partial charge in [0.05, 0.1) is 0 Å². The Morgan fingerprint density at radius 3 is 2.35 bits per heavy atom. The molecule has 0 N–H and O–H groups in total. The number of hydrogen-bond donors (Lipinski definition) is 0. The van der Waals surface area contributed by atoms with Crippen LogP contribution in [0.5, 0.6) is 0 Å². The lowest BCUT2D eigenvalue weighted by molar-refractivity contribution is 0.686. The first-order valence-electron chi connectivity index (χ1n) is 5.34. The molecule has 88 valence electrons. The molecule has 17 heavy (non-hydrogen) atoms. The lowest BCUT2D eigenvalue weighted by Gasteiger charge is -2.07. The van der Waals surface area contributed by atoms with E-state index in [0.29, 0.717) is 0 Å². The summed E-state index contributed by atoms with van der Waals surface area (Å²) in [5.41, 5.74) is 1.17. The Labute approximate surface area is 109 Å². The van der Waals surface area contributed by atoms with Crippen LogP contribution in [0.25, 0.3) is 0 Å². The molecule has 2 rings (SSSR count). The third-order valence-electron chi connectivity index (χ3n) is 2.45. The summed E-state index contributed by atoms with van der Waals surface area (Å²) in [5, 5.41) is 0. The van der Waals surface area contributed by atoms with Crippen LogP contribution in [0, 0.1) is 6.92 Å². The molecule has 0 saturated heterocycles. The summed E-state index contributed by atoms with van der Waals surface area (Å²) in [6.45, 7) is 2.06. The van der Waals surface area contributed by atoms with E-state index in [-0.39, 0.29) is 0 Å². The van der Waals surface area contributed by atoms with Gasteiger partial charge in [-0.15, -0.1) is 0 Å². The molecule has 0 saturated carbocycles. The SMILES string of the molecule is Cc1cc(S(C)=O)ccc1Sc1ccccc1. The van der Waals surface area contributed by atoms with E-state index < -0.39 is 10.8 Å². The molecule has 0 aliphatic carbocycles. The molecule has 1 unspecified atom stereocenters. The van der Waals surface area contributed by atoms with Crippen LogP contribution in [0.2, 0.25) is 0 Å². The maximum atomic E-state index is 11.4. The van der Waals surface area contributed by atoms with Crippen molar-refractivity contribution in [3.8, 4) is 0 Å². The van der Waals surface area contributed by atoms with Gasteiger partial charge in [0, 0.05) is 31.7 Å². The first-order valence-corrected chi connectivity index (χ1v) is 7.71. The molecule has 0 aliphatic heterocycles. The Morgan fingerprint density at radius 1 is 1.06 bits per heavy atom. The summed E-state index contributed by atoms with van der Waals surface area (Å²) in [6.07, 6.45) is 1.71. The highest BCUT2D eigenvalue weighted by Gasteiger charge is 2.04. The van der Waals surface area contributed by atoms with Crippen LogP contribution in [0.1, 0.15) is 5.56 Å². The van der Waals surface area contributed by atoms with Crippen molar-refractivity contribution in [3.05, 3.63) is 54.1 Å². The van der Waals surface area contributed by atoms with Gasteiger partial charge in [-0.05, 0) is 42.8 Å². The highest BCUT2D eigenvalue weighted by atomic mass is 32.2. The summed E-state index contributed by atoms with van der Waals surface area (Å²) >= 11 is 1.74. The molecular weight excluding hydrogens is 248 g/mol. The maximum Gasteiger partial charge on any atom is 0.0498 e. The zero-order chi connectivity index (χ0) is 12.3. The summed E-state index contributed by atoms with van der Waals surface area (Å²) in [5.74, 6) is 0. The van der Waals surface area contributed by atoms with Crippen LogP contribution in [0.3, 0.4) is 0 Å². The van der Waals surface area contributed by atoms with Crippen LogP contribution >= 0.6 is 11.8 Å². The quantitative estimate of drug-likeness (QED) is 0.835. The van der Waals surface area contributed by atoms with Gasteiger partial charge in [-0.25, -0.2) is 0 Å². The van der Waals surface area contributed by atoms with Crippen molar-refractivity contribution in [3.63, 3.8) is 0 Å². The van der Waals surface area contributed by atoms with Gasteiger partial charge in [0.15, 0.2) is 0 Å².